The minimum absolute atomic E-state index is 0.163. The molecule has 2 fully saturated rings. The number of amides is 1. The fourth-order valence-corrected chi connectivity index (χ4v) is 5.55. The van der Waals surface area contributed by atoms with E-state index in [1.54, 1.807) is 7.11 Å². The lowest BCUT2D eigenvalue weighted by Gasteiger charge is -2.29. The number of nitrogens with one attached hydrogen (secondary N) is 1. The molecule has 1 saturated heterocycles. The van der Waals surface area contributed by atoms with Crippen LogP contribution in [0.2, 0.25) is 0 Å². The van der Waals surface area contributed by atoms with Gasteiger partial charge in [0.05, 0.1) is 20.1 Å². The van der Waals surface area contributed by atoms with Crippen LogP contribution in [-0.2, 0) is 14.3 Å². The maximum atomic E-state index is 12.9. The number of fused-ring (bicyclic) bond motifs is 1. The fraction of sp³-hybridized carbons (Fsp3) is 0.548. The van der Waals surface area contributed by atoms with E-state index in [2.05, 4.69) is 11.4 Å². The van der Waals surface area contributed by atoms with E-state index in [-0.39, 0.29) is 30.4 Å². The van der Waals surface area contributed by atoms with Crippen molar-refractivity contribution in [2.45, 2.75) is 64.5 Å². The molecule has 0 radical (unpaired) electrons. The molecule has 0 aromatic heterocycles. The van der Waals surface area contributed by atoms with E-state index < -0.39 is 5.60 Å². The number of hydrogen-bond donors (Lipinski definition) is 1. The Hall–Kier alpha value is -3.06. The number of rotatable bonds is 11. The van der Waals surface area contributed by atoms with Crippen molar-refractivity contribution < 1.29 is 23.8 Å². The molecular formula is C31H42N2O5. The lowest BCUT2D eigenvalue weighted by molar-refractivity contribution is -0.144. The monoisotopic (exact) mass is 522 g/mol. The van der Waals surface area contributed by atoms with Gasteiger partial charge in [0.25, 0.3) is 0 Å². The maximum Gasteiger partial charge on any atom is 0.410 e. The van der Waals surface area contributed by atoms with Crippen molar-refractivity contribution in [1.29, 1.82) is 0 Å². The van der Waals surface area contributed by atoms with Crippen LogP contribution in [0.15, 0.2) is 48.5 Å². The Morgan fingerprint density at radius 3 is 2.42 bits per heavy atom. The molecule has 0 spiro atoms. The van der Waals surface area contributed by atoms with Gasteiger partial charge in [0.15, 0.2) is 0 Å². The lowest BCUT2D eigenvalue weighted by atomic mass is 9.87. The third-order valence-corrected chi connectivity index (χ3v) is 7.42. The molecular weight excluding hydrogens is 480 g/mol. The Balaban J connectivity index is 1.31. The van der Waals surface area contributed by atoms with Crippen molar-refractivity contribution in [3.8, 4) is 5.75 Å². The summed E-state index contributed by atoms with van der Waals surface area (Å²) in [4.78, 5) is 27.7. The third kappa shape index (κ3) is 7.07. The number of piperidine rings is 1. The molecule has 1 saturated carbocycles. The van der Waals surface area contributed by atoms with Crippen LogP contribution in [0.3, 0.4) is 0 Å². The Morgan fingerprint density at radius 1 is 1.05 bits per heavy atom. The van der Waals surface area contributed by atoms with E-state index in [4.69, 9.17) is 14.2 Å². The molecule has 4 atom stereocenters. The summed E-state index contributed by atoms with van der Waals surface area (Å²) in [5.41, 5.74) is 2.61. The summed E-state index contributed by atoms with van der Waals surface area (Å²) >= 11 is 0. The van der Waals surface area contributed by atoms with Gasteiger partial charge in [-0.25, -0.2) is 4.79 Å². The average molecular weight is 523 g/mol. The van der Waals surface area contributed by atoms with Gasteiger partial charge in [-0.1, -0.05) is 48.0 Å². The zero-order chi connectivity index (χ0) is 27.3. The van der Waals surface area contributed by atoms with E-state index in [0.29, 0.717) is 31.4 Å². The summed E-state index contributed by atoms with van der Waals surface area (Å²) in [5, 5.41) is 3.39. The molecule has 1 heterocycles. The standard InChI is InChI=1S/C31H42N2O5/c1-21-13-14-27(36-5)24(17-21)23(22-11-7-6-8-12-22)18-28(34)37-16-10-9-15-33(30(35)38-31(2,3)4)29-25-19-32-20-26(25)29/h6-8,11-14,17,23,25-26,29,32H,9-10,15-16,18-20H2,1-5H3/t23?,25-,26+,29?. The highest BCUT2D eigenvalue weighted by Gasteiger charge is 2.57. The van der Waals surface area contributed by atoms with Gasteiger partial charge >= 0.3 is 12.1 Å². The number of aryl methyl sites for hydroxylation is 1. The first-order valence-corrected chi connectivity index (χ1v) is 13.7. The van der Waals surface area contributed by atoms with E-state index in [0.717, 1.165) is 42.0 Å². The molecule has 2 aromatic rings. The lowest BCUT2D eigenvalue weighted by Crippen LogP contribution is -2.42. The smallest absolute Gasteiger partial charge is 0.410 e. The first-order chi connectivity index (χ1) is 18.2. The molecule has 7 nitrogen and oxygen atoms in total. The number of esters is 1. The maximum absolute atomic E-state index is 12.9. The minimum Gasteiger partial charge on any atom is -0.496 e. The largest absolute Gasteiger partial charge is 0.496 e. The Kier molecular flexibility index (Phi) is 8.98. The average Bonchev–Trinajstić information content (AvgIpc) is 3.32. The van der Waals surface area contributed by atoms with Crippen LogP contribution >= 0.6 is 0 Å². The number of carbonyl (C=O) groups excluding carboxylic acids is 2. The number of methoxy groups -OCH3 is 1. The Morgan fingerprint density at radius 2 is 1.76 bits per heavy atom. The van der Waals surface area contributed by atoms with Gasteiger partial charge in [-0.3, -0.25) is 4.79 Å². The van der Waals surface area contributed by atoms with Gasteiger partial charge in [-0.05, 0) is 64.0 Å². The van der Waals surface area contributed by atoms with Crippen LogP contribution in [0.4, 0.5) is 4.79 Å². The summed E-state index contributed by atoms with van der Waals surface area (Å²) in [6.07, 6.45) is 1.43. The van der Waals surface area contributed by atoms with Crippen molar-refractivity contribution >= 4 is 12.1 Å². The molecule has 0 bridgehead atoms. The molecule has 1 amide bonds. The summed E-state index contributed by atoms with van der Waals surface area (Å²) < 4.78 is 17.0. The quantitative estimate of drug-likeness (QED) is 0.319. The second kappa shape index (κ2) is 12.2. The summed E-state index contributed by atoms with van der Waals surface area (Å²) in [6, 6.07) is 16.3. The summed E-state index contributed by atoms with van der Waals surface area (Å²) in [7, 11) is 1.65. The van der Waals surface area contributed by atoms with Crippen molar-refractivity contribution in [3.05, 3.63) is 65.2 Å². The van der Waals surface area contributed by atoms with Gasteiger partial charge < -0.3 is 24.4 Å². The predicted octanol–water partition coefficient (Wildman–Crippen LogP) is 5.30. The van der Waals surface area contributed by atoms with Crippen LogP contribution in [0.5, 0.6) is 5.75 Å². The Bertz CT molecular complexity index is 1090. The highest BCUT2D eigenvalue weighted by atomic mass is 16.6. The van der Waals surface area contributed by atoms with Gasteiger partial charge in [0.1, 0.15) is 11.4 Å². The molecule has 206 valence electrons. The number of hydrogen-bond acceptors (Lipinski definition) is 6. The summed E-state index contributed by atoms with van der Waals surface area (Å²) in [6.45, 7) is 10.6. The fourth-order valence-electron chi connectivity index (χ4n) is 5.55. The molecule has 38 heavy (non-hydrogen) atoms. The minimum atomic E-state index is -0.525. The molecule has 1 aliphatic carbocycles. The van der Waals surface area contributed by atoms with Crippen molar-refractivity contribution in [3.63, 3.8) is 0 Å². The Labute approximate surface area is 226 Å². The van der Waals surface area contributed by atoms with E-state index >= 15 is 0 Å². The highest BCUT2D eigenvalue weighted by molar-refractivity contribution is 5.72. The molecule has 2 aliphatic rings. The van der Waals surface area contributed by atoms with Gasteiger partial charge in [-0.2, -0.15) is 0 Å². The first kappa shape index (κ1) is 28.0. The SMILES string of the molecule is COc1ccc(C)cc1C(CC(=O)OCCCCN(C(=O)OC(C)(C)C)C1[C@H]2CNC[C@@H]12)c1ccccc1. The predicted molar refractivity (Wildman–Crippen MR) is 147 cm³/mol. The number of benzene rings is 2. The molecule has 1 aliphatic heterocycles. The topological polar surface area (TPSA) is 77.1 Å². The molecule has 7 heteroatoms. The second-order valence-electron chi connectivity index (χ2n) is 11.5. The normalized spacial score (nSPS) is 20.8. The van der Waals surface area contributed by atoms with Crippen LogP contribution < -0.4 is 10.1 Å². The van der Waals surface area contributed by atoms with Crippen LogP contribution in [0.25, 0.3) is 0 Å². The zero-order valence-electron chi connectivity index (χ0n) is 23.4. The first-order valence-electron chi connectivity index (χ1n) is 13.7. The van der Waals surface area contributed by atoms with Crippen LogP contribution in [0, 0.1) is 18.8 Å². The molecule has 2 aromatic carbocycles. The van der Waals surface area contributed by atoms with Gasteiger partial charge in [0.2, 0.25) is 0 Å². The van der Waals surface area contributed by atoms with E-state index in [9.17, 15) is 9.59 Å². The zero-order valence-corrected chi connectivity index (χ0v) is 23.4. The van der Waals surface area contributed by atoms with Gasteiger partial charge in [0, 0.05) is 37.2 Å². The summed E-state index contributed by atoms with van der Waals surface area (Å²) in [5.74, 6) is 1.40. The van der Waals surface area contributed by atoms with Gasteiger partial charge in [-0.15, -0.1) is 0 Å². The molecule has 2 unspecified atom stereocenters. The molecule has 4 rings (SSSR count). The van der Waals surface area contributed by atoms with Crippen molar-refractivity contribution in [1.82, 2.24) is 10.2 Å². The molecule has 1 N–H and O–H groups in total. The highest BCUT2D eigenvalue weighted by Crippen LogP contribution is 2.46. The van der Waals surface area contributed by atoms with Crippen LogP contribution in [0.1, 0.15) is 62.6 Å². The number of unbranched alkanes of at least 4 members (excludes halogenated alkanes) is 1. The number of carbonyl (C=O) groups is 2. The third-order valence-electron chi connectivity index (χ3n) is 7.42. The van der Waals surface area contributed by atoms with Crippen LogP contribution in [-0.4, -0.2) is 62.0 Å². The second-order valence-corrected chi connectivity index (χ2v) is 11.5. The van der Waals surface area contributed by atoms with Crippen molar-refractivity contribution in [2.24, 2.45) is 11.8 Å². The van der Waals surface area contributed by atoms with E-state index in [1.807, 2.05) is 75.1 Å². The van der Waals surface area contributed by atoms with Crippen molar-refractivity contribution in [2.75, 3.05) is 33.4 Å². The number of nitrogens with zero attached hydrogens (tertiary/aromatic N) is 1. The number of ether oxygens (including phenoxy) is 3. The van der Waals surface area contributed by atoms with E-state index in [1.165, 1.54) is 0 Å².